The second-order valence-corrected chi connectivity index (χ2v) is 9.10. The molecule has 8 heteroatoms. The number of hydrogen-bond donors (Lipinski definition) is 0. The average molecular weight is 502 g/mol. The summed E-state index contributed by atoms with van der Waals surface area (Å²) >= 11 is 0. The zero-order valence-electron chi connectivity index (χ0n) is 20.1. The van der Waals surface area contributed by atoms with E-state index in [0.29, 0.717) is 17.2 Å². The van der Waals surface area contributed by atoms with E-state index in [1.165, 1.54) is 29.2 Å². The number of ether oxygens (including phenoxy) is 2. The van der Waals surface area contributed by atoms with Gasteiger partial charge in [0.1, 0.15) is 11.5 Å². The summed E-state index contributed by atoms with van der Waals surface area (Å²) in [6.07, 6.45) is 0. The largest absolute Gasteiger partial charge is 0.457 e. The van der Waals surface area contributed by atoms with Crippen molar-refractivity contribution >= 4 is 51.2 Å². The van der Waals surface area contributed by atoms with Crippen molar-refractivity contribution in [1.82, 2.24) is 4.57 Å². The quantitative estimate of drug-likeness (QED) is 0.177. The van der Waals surface area contributed by atoms with E-state index in [4.69, 9.17) is 4.74 Å². The van der Waals surface area contributed by atoms with Gasteiger partial charge in [-0.1, -0.05) is 18.2 Å². The van der Waals surface area contributed by atoms with E-state index >= 15 is 0 Å². The molecule has 0 N–H and O–H groups in total. The molecule has 0 saturated carbocycles. The highest BCUT2D eigenvalue weighted by atomic mass is 16.6. The summed E-state index contributed by atoms with van der Waals surface area (Å²) in [5.74, 6) is -1.69. The van der Waals surface area contributed by atoms with Crippen molar-refractivity contribution < 1.29 is 28.7 Å². The molecule has 3 heterocycles. The van der Waals surface area contributed by atoms with Gasteiger partial charge >= 0.3 is 11.9 Å². The first kappa shape index (κ1) is 22.0. The Balaban J connectivity index is 1.24. The van der Waals surface area contributed by atoms with E-state index in [2.05, 4.69) is 22.3 Å². The van der Waals surface area contributed by atoms with Crippen molar-refractivity contribution in [3.05, 3.63) is 101 Å². The second-order valence-electron chi connectivity index (χ2n) is 9.10. The van der Waals surface area contributed by atoms with E-state index in [1.54, 1.807) is 18.2 Å². The number of carbonyl (C=O) groups is 4. The Morgan fingerprint density at radius 3 is 2.11 bits per heavy atom. The number of cyclic esters (lactones) is 2. The minimum atomic E-state index is -0.736. The fourth-order valence-electron chi connectivity index (χ4n) is 5.30. The van der Waals surface area contributed by atoms with E-state index in [1.807, 2.05) is 30.3 Å². The molecule has 8 nitrogen and oxygen atoms in total. The minimum Gasteiger partial charge on any atom is -0.457 e. The highest BCUT2D eigenvalue weighted by molar-refractivity contribution is 6.35. The SMILES string of the molecule is CCn1c2ccccc2c2cc(N3C(=O)c4ccc(Oc5ccc6c(c5)C(=O)OC6=O)cc4C3=O)ccc21. The number of hydrogen-bond acceptors (Lipinski definition) is 6. The van der Waals surface area contributed by atoms with E-state index in [-0.39, 0.29) is 22.3 Å². The standard InChI is InChI=1S/C30H18N2O6/c1-2-31-25-6-4-3-5-19(25)22-13-16(7-12-26(22)31)32-27(33)20-10-8-17(14-23(20)28(32)34)37-18-9-11-21-24(15-18)30(36)38-29(21)35/h3-15H,2H2,1H3. The lowest BCUT2D eigenvalue weighted by molar-refractivity contribution is 0.0443. The molecule has 0 saturated heterocycles. The molecular formula is C30H18N2O6. The fraction of sp³-hybridized carbons (Fsp3) is 0.0667. The van der Waals surface area contributed by atoms with Gasteiger partial charge in [-0.2, -0.15) is 0 Å². The number of aromatic nitrogens is 1. The van der Waals surface area contributed by atoms with Crippen LogP contribution < -0.4 is 9.64 Å². The molecule has 0 radical (unpaired) electrons. The first-order valence-corrected chi connectivity index (χ1v) is 12.1. The number of imide groups is 1. The molecule has 5 aromatic rings. The Morgan fingerprint density at radius 1 is 0.658 bits per heavy atom. The molecule has 0 atom stereocenters. The number of fused-ring (bicyclic) bond motifs is 5. The molecule has 4 aromatic carbocycles. The smallest absolute Gasteiger partial charge is 0.347 e. The predicted molar refractivity (Wildman–Crippen MR) is 139 cm³/mol. The number of para-hydroxylation sites is 1. The number of amides is 2. The van der Waals surface area contributed by atoms with Crippen molar-refractivity contribution in [3.63, 3.8) is 0 Å². The van der Waals surface area contributed by atoms with Gasteiger partial charge in [-0.05, 0) is 67.6 Å². The number of carbonyl (C=O) groups excluding carboxylic acids is 4. The predicted octanol–water partition coefficient (Wildman–Crippen LogP) is 5.72. The van der Waals surface area contributed by atoms with Crippen molar-refractivity contribution in [2.24, 2.45) is 0 Å². The molecule has 38 heavy (non-hydrogen) atoms. The third-order valence-corrected chi connectivity index (χ3v) is 7.04. The molecule has 0 unspecified atom stereocenters. The summed E-state index contributed by atoms with van der Waals surface area (Å²) in [6, 6.07) is 22.7. The van der Waals surface area contributed by atoms with Crippen LogP contribution in [-0.4, -0.2) is 28.3 Å². The highest BCUT2D eigenvalue weighted by Crippen LogP contribution is 2.37. The van der Waals surface area contributed by atoms with Crippen LogP contribution in [0.1, 0.15) is 48.4 Å². The van der Waals surface area contributed by atoms with E-state index in [0.717, 1.165) is 28.4 Å². The third kappa shape index (κ3) is 3.03. The van der Waals surface area contributed by atoms with Gasteiger partial charge in [0.25, 0.3) is 11.8 Å². The average Bonchev–Trinajstić information content (AvgIpc) is 3.49. The van der Waals surface area contributed by atoms with Crippen molar-refractivity contribution in [3.8, 4) is 11.5 Å². The lowest BCUT2D eigenvalue weighted by atomic mass is 10.1. The fourth-order valence-corrected chi connectivity index (χ4v) is 5.30. The Kier molecular flexibility index (Phi) is 4.56. The lowest BCUT2D eigenvalue weighted by Gasteiger charge is -2.14. The first-order chi connectivity index (χ1) is 18.4. The summed E-state index contributed by atoms with van der Waals surface area (Å²) in [7, 11) is 0. The maximum absolute atomic E-state index is 13.5. The van der Waals surface area contributed by atoms with Gasteiger partial charge in [0, 0.05) is 28.4 Å². The Morgan fingerprint density at radius 2 is 1.32 bits per heavy atom. The van der Waals surface area contributed by atoms with Crippen LogP contribution in [0.2, 0.25) is 0 Å². The second kappa shape index (κ2) is 7.88. The van der Waals surface area contributed by atoms with Gasteiger partial charge in [0.05, 0.1) is 27.9 Å². The number of aryl methyl sites for hydroxylation is 1. The molecule has 0 fully saturated rings. The Labute approximate surface area is 215 Å². The van der Waals surface area contributed by atoms with Crippen LogP contribution in [0.5, 0.6) is 11.5 Å². The van der Waals surface area contributed by atoms with Crippen molar-refractivity contribution in [2.45, 2.75) is 13.5 Å². The summed E-state index contributed by atoms with van der Waals surface area (Å²) in [6.45, 7) is 2.87. The Bertz CT molecular complexity index is 1900. The zero-order valence-corrected chi connectivity index (χ0v) is 20.1. The van der Waals surface area contributed by atoms with Crippen molar-refractivity contribution in [2.75, 3.05) is 4.90 Å². The summed E-state index contributed by atoms with van der Waals surface area (Å²) in [5, 5.41) is 2.02. The molecule has 0 aliphatic carbocycles. The molecule has 2 amide bonds. The normalized spacial score (nSPS) is 14.4. The summed E-state index contributed by atoms with van der Waals surface area (Å²) in [5.41, 5.74) is 3.41. The highest BCUT2D eigenvalue weighted by Gasteiger charge is 2.37. The maximum Gasteiger partial charge on any atom is 0.347 e. The molecule has 0 spiro atoms. The van der Waals surface area contributed by atoms with E-state index < -0.39 is 23.8 Å². The van der Waals surface area contributed by atoms with Crippen LogP contribution in [0, 0.1) is 0 Å². The van der Waals surface area contributed by atoms with Crippen LogP contribution in [0.25, 0.3) is 21.8 Å². The van der Waals surface area contributed by atoms with Gasteiger partial charge in [-0.25, -0.2) is 14.5 Å². The number of benzene rings is 4. The van der Waals surface area contributed by atoms with Gasteiger partial charge in [-0.3, -0.25) is 9.59 Å². The molecule has 0 bridgehead atoms. The number of rotatable bonds is 4. The van der Waals surface area contributed by atoms with Crippen LogP contribution in [0.15, 0.2) is 78.9 Å². The Hall–Kier alpha value is -5.24. The topological polar surface area (TPSA) is 94.9 Å². The minimum absolute atomic E-state index is 0.117. The number of anilines is 1. The molecule has 2 aliphatic rings. The van der Waals surface area contributed by atoms with E-state index in [9.17, 15) is 19.2 Å². The van der Waals surface area contributed by atoms with Crippen LogP contribution in [-0.2, 0) is 11.3 Å². The van der Waals surface area contributed by atoms with Gasteiger partial charge in [0.15, 0.2) is 0 Å². The van der Waals surface area contributed by atoms with Gasteiger partial charge in [-0.15, -0.1) is 0 Å². The summed E-state index contributed by atoms with van der Waals surface area (Å²) in [4.78, 5) is 51.5. The molecule has 1 aromatic heterocycles. The molecule has 7 rings (SSSR count). The van der Waals surface area contributed by atoms with Gasteiger partial charge < -0.3 is 14.0 Å². The molecule has 184 valence electrons. The maximum atomic E-state index is 13.5. The van der Waals surface area contributed by atoms with Crippen LogP contribution >= 0.6 is 0 Å². The molecular weight excluding hydrogens is 484 g/mol. The van der Waals surface area contributed by atoms with Crippen LogP contribution in [0.4, 0.5) is 5.69 Å². The van der Waals surface area contributed by atoms with Crippen LogP contribution in [0.3, 0.4) is 0 Å². The third-order valence-electron chi connectivity index (χ3n) is 7.04. The van der Waals surface area contributed by atoms with Crippen molar-refractivity contribution in [1.29, 1.82) is 0 Å². The number of esters is 2. The number of nitrogens with zero attached hydrogens (tertiary/aromatic N) is 2. The van der Waals surface area contributed by atoms with Gasteiger partial charge in [0.2, 0.25) is 0 Å². The lowest BCUT2D eigenvalue weighted by Crippen LogP contribution is -2.29. The zero-order chi connectivity index (χ0) is 26.1. The first-order valence-electron chi connectivity index (χ1n) is 12.1. The molecule has 2 aliphatic heterocycles. The summed E-state index contributed by atoms with van der Waals surface area (Å²) < 4.78 is 12.7. The monoisotopic (exact) mass is 502 g/mol.